The molecular formula is C22H22N2O2. The fourth-order valence-electron chi connectivity index (χ4n) is 3.00. The van der Waals surface area contributed by atoms with Crippen molar-refractivity contribution in [3.05, 3.63) is 76.9 Å². The van der Waals surface area contributed by atoms with Crippen LogP contribution in [-0.2, 0) is 4.79 Å². The summed E-state index contributed by atoms with van der Waals surface area (Å²) < 4.78 is 5.56. The zero-order chi connectivity index (χ0) is 18.5. The van der Waals surface area contributed by atoms with Crippen molar-refractivity contribution >= 4 is 22.9 Å². The Labute approximate surface area is 153 Å². The molecule has 0 unspecified atom stereocenters. The average molecular weight is 346 g/mol. The van der Waals surface area contributed by atoms with Gasteiger partial charge in [0.2, 0.25) is 0 Å². The molecule has 0 aliphatic rings. The fraction of sp³-hybridized carbons (Fsp3) is 0.182. The van der Waals surface area contributed by atoms with E-state index < -0.39 is 0 Å². The number of hydrogen-bond acceptors (Lipinski definition) is 3. The Bertz CT molecular complexity index is 954. The van der Waals surface area contributed by atoms with Gasteiger partial charge in [-0.1, -0.05) is 48.0 Å². The summed E-state index contributed by atoms with van der Waals surface area (Å²) in [6.45, 7) is 6.05. The summed E-state index contributed by atoms with van der Waals surface area (Å²) in [7, 11) is 0. The van der Waals surface area contributed by atoms with Crippen molar-refractivity contribution in [3.63, 3.8) is 0 Å². The summed E-state index contributed by atoms with van der Waals surface area (Å²) >= 11 is 0. The predicted octanol–water partition coefficient (Wildman–Crippen LogP) is 4.29. The largest absolute Gasteiger partial charge is 0.484 e. The van der Waals surface area contributed by atoms with E-state index in [4.69, 9.17) is 4.74 Å². The summed E-state index contributed by atoms with van der Waals surface area (Å²) in [6.07, 6.45) is 1.68. The summed E-state index contributed by atoms with van der Waals surface area (Å²) in [6, 6.07) is 18.0. The monoisotopic (exact) mass is 346 g/mol. The Balaban J connectivity index is 1.57. The highest BCUT2D eigenvalue weighted by Crippen LogP contribution is 2.20. The molecule has 132 valence electrons. The van der Waals surface area contributed by atoms with Gasteiger partial charge in [-0.3, -0.25) is 4.79 Å². The number of nitrogens with one attached hydrogen (secondary N) is 1. The van der Waals surface area contributed by atoms with Crippen molar-refractivity contribution in [2.75, 3.05) is 6.61 Å². The van der Waals surface area contributed by atoms with Crippen molar-refractivity contribution in [3.8, 4) is 5.75 Å². The van der Waals surface area contributed by atoms with E-state index in [0.717, 1.165) is 27.5 Å². The van der Waals surface area contributed by atoms with Crippen LogP contribution in [0.15, 0.2) is 59.7 Å². The predicted molar refractivity (Wildman–Crippen MR) is 106 cm³/mol. The molecule has 4 heteroatoms. The van der Waals surface area contributed by atoms with Crippen molar-refractivity contribution in [1.29, 1.82) is 0 Å². The standard InChI is InChI=1S/C22H22N2O2/c1-15-10-16(2)21(17(3)11-15)13-23-24-22(25)14-26-20-9-8-18-6-4-5-7-19(18)12-20/h4-13H,14H2,1-3H3,(H,24,25)/b23-13+. The lowest BCUT2D eigenvalue weighted by molar-refractivity contribution is -0.123. The van der Waals surface area contributed by atoms with Gasteiger partial charge in [-0.05, 0) is 54.8 Å². The SMILES string of the molecule is Cc1cc(C)c(/C=N/NC(=O)COc2ccc3ccccc3c2)c(C)c1. The maximum absolute atomic E-state index is 11.9. The third-order valence-electron chi connectivity index (χ3n) is 4.21. The van der Waals surface area contributed by atoms with E-state index in [2.05, 4.69) is 29.6 Å². The van der Waals surface area contributed by atoms with Crippen LogP contribution in [-0.4, -0.2) is 18.7 Å². The normalized spacial score (nSPS) is 11.0. The molecule has 1 amide bonds. The first-order valence-electron chi connectivity index (χ1n) is 8.54. The molecule has 0 saturated carbocycles. The number of carbonyl (C=O) groups is 1. The van der Waals surface area contributed by atoms with Crippen LogP contribution in [0.5, 0.6) is 5.75 Å². The number of nitrogens with zero attached hydrogens (tertiary/aromatic N) is 1. The van der Waals surface area contributed by atoms with Gasteiger partial charge in [0.05, 0.1) is 6.21 Å². The highest BCUT2D eigenvalue weighted by molar-refractivity contribution is 5.86. The van der Waals surface area contributed by atoms with Gasteiger partial charge in [0.15, 0.2) is 6.61 Å². The van der Waals surface area contributed by atoms with E-state index >= 15 is 0 Å². The molecule has 0 aromatic heterocycles. The minimum absolute atomic E-state index is 0.0818. The molecular weight excluding hydrogens is 324 g/mol. The second-order valence-corrected chi connectivity index (χ2v) is 6.40. The zero-order valence-electron chi connectivity index (χ0n) is 15.2. The maximum atomic E-state index is 11.9. The molecule has 26 heavy (non-hydrogen) atoms. The van der Waals surface area contributed by atoms with E-state index in [1.54, 1.807) is 6.21 Å². The Morgan fingerprint density at radius 3 is 2.42 bits per heavy atom. The van der Waals surface area contributed by atoms with Gasteiger partial charge in [0.25, 0.3) is 5.91 Å². The Kier molecular flexibility index (Phi) is 5.32. The third-order valence-corrected chi connectivity index (χ3v) is 4.21. The van der Waals surface area contributed by atoms with Crippen LogP contribution in [0.2, 0.25) is 0 Å². The molecule has 0 aliphatic carbocycles. The number of hydrogen-bond donors (Lipinski definition) is 1. The first-order chi connectivity index (χ1) is 12.5. The maximum Gasteiger partial charge on any atom is 0.277 e. The first-order valence-corrected chi connectivity index (χ1v) is 8.54. The van der Waals surface area contributed by atoms with Crippen molar-refractivity contribution in [2.24, 2.45) is 5.10 Å². The molecule has 0 saturated heterocycles. The van der Waals surface area contributed by atoms with Crippen LogP contribution in [0.1, 0.15) is 22.3 Å². The lowest BCUT2D eigenvalue weighted by Gasteiger charge is -2.07. The molecule has 4 nitrogen and oxygen atoms in total. The van der Waals surface area contributed by atoms with Gasteiger partial charge in [-0.2, -0.15) is 5.10 Å². The Morgan fingerprint density at radius 1 is 1.00 bits per heavy atom. The van der Waals surface area contributed by atoms with E-state index in [1.807, 2.05) is 56.3 Å². The molecule has 0 spiro atoms. The number of amides is 1. The third kappa shape index (κ3) is 4.28. The van der Waals surface area contributed by atoms with Crippen LogP contribution >= 0.6 is 0 Å². The van der Waals surface area contributed by atoms with Gasteiger partial charge in [-0.15, -0.1) is 0 Å². The zero-order valence-corrected chi connectivity index (χ0v) is 15.2. The lowest BCUT2D eigenvalue weighted by atomic mass is 10.0. The van der Waals surface area contributed by atoms with Crippen LogP contribution in [0.4, 0.5) is 0 Å². The highest BCUT2D eigenvalue weighted by Gasteiger charge is 2.04. The number of ether oxygens (including phenoxy) is 1. The lowest BCUT2D eigenvalue weighted by Crippen LogP contribution is -2.24. The minimum Gasteiger partial charge on any atom is -0.484 e. The van der Waals surface area contributed by atoms with Crippen molar-refractivity contribution in [2.45, 2.75) is 20.8 Å². The molecule has 0 heterocycles. The quantitative estimate of drug-likeness (QED) is 0.553. The molecule has 3 aromatic rings. The summed E-state index contributed by atoms with van der Waals surface area (Å²) in [5.41, 5.74) is 7.01. The van der Waals surface area contributed by atoms with Gasteiger partial charge >= 0.3 is 0 Å². The van der Waals surface area contributed by atoms with E-state index in [1.165, 1.54) is 5.56 Å². The molecule has 0 fully saturated rings. The van der Waals surface area contributed by atoms with Gasteiger partial charge < -0.3 is 4.74 Å². The molecule has 3 rings (SSSR count). The first kappa shape index (κ1) is 17.7. The van der Waals surface area contributed by atoms with Crippen LogP contribution in [0, 0.1) is 20.8 Å². The molecule has 1 N–H and O–H groups in total. The number of rotatable bonds is 5. The molecule has 0 bridgehead atoms. The van der Waals surface area contributed by atoms with Crippen molar-refractivity contribution in [1.82, 2.24) is 5.43 Å². The number of aryl methyl sites for hydroxylation is 3. The van der Waals surface area contributed by atoms with Crippen LogP contribution in [0.3, 0.4) is 0 Å². The van der Waals surface area contributed by atoms with Gasteiger partial charge in [0.1, 0.15) is 5.75 Å². The minimum atomic E-state index is -0.295. The van der Waals surface area contributed by atoms with E-state index in [0.29, 0.717) is 5.75 Å². The van der Waals surface area contributed by atoms with E-state index in [9.17, 15) is 4.79 Å². The average Bonchev–Trinajstić information content (AvgIpc) is 2.62. The summed E-state index contributed by atoms with van der Waals surface area (Å²) in [5.74, 6) is 0.366. The van der Waals surface area contributed by atoms with Gasteiger partial charge in [0, 0.05) is 5.56 Å². The van der Waals surface area contributed by atoms with Crippen LogP contribution < -0.4 is 10.2 Å². The fourth-order valence-corrected chi connectivity index (χ4v) is 3.00. The van der Waals surface area contributed by atoms with Crippen molar-refractivity contribution < 1.29 is 9.53 Å². The Morgan fingerprint density at radius 2 is 1.69 bits per heavy atom. The molecule has 3 aromatic carbocycles. The highest BCUT2D eigenvalue weighted by atomic mass is 16.5. The van der Waals surface area contributed by atoms with E-state index in [-0.39, 0.29) is 12.5 Å². The molecule has 0 aliphatic heterocycles. The molecule has 0 atom stereocenters. The second-order valence-electron chi connectivity index (χ2n) is 6.40. The Hall–Kier alpha value is -3.14. The van der Waals surface area contributed by atoms with Crippen LogP contribution in [0.25, 0.3) is 10.8 Å². The summed E-state index contributed by atoms with van der Waals surface area (Å²) in [5, 5.41) is 6.26. The number of benzene rings is 3. The number of carbonyl (C=O) groups excluding carboxylic acids is 1. The second kappa shape index (κ2) is 7.83. The molecule has 0 radical (unpaired) electrons. The number of hydrazone groups is 1. The summed E-state index contributed by atoms with van der Waals surface area (Å²) in [4.78, 5) is 11.9. The number of fused-ring (bicyclic) bond motifs is 1. The smallest absolute Gasteiger partial charge is 0.277 e. The van der Waals surface area contributed by atoms with Gasteiger partial charge in [-0.25, -0.2) is 5.43 Å². The topological polar surface area (TPSA) is 50.7 Å².